The van der Waals surface area contributed by atoms with Gasteiger partial charge in [-0.15, -0.1) is 12.6 Å². The van der Waals surface area contributed by atoms with Gasteiger partial charge in [0, 0.05) is 33.7 Å². The van der Waals surface area contributed by atoms with Crippen LogP contribution in [0, 0.1) is 5.82 Å². The molecule has 0 spiro atoms. The summed E-state index contributed by atoms with van der Waals surface area (Å²) in [5.74, 6) is -1.11. The van der Waals surface area contributed by atoms with Crippen molar-refractivity contribution in [2.24, 2.45) is 0 Å². The second-order valence-electron chi connectivity index (χ2n) is 3.68. The molecule has 1 aromatic carbocycles. The van der Waals surface area contributed by atoms with Gasteiger partial charge in [-0.05, 0) is 25.1 Å². The molecule has 0 aliphatic rings. The van der Waals surface area contributed by atoms with Gasteiger partial charge in [0.2, 0.25) is 0 Å². The molecule has 2 unspecified atom stereocenters. The fourth-order valence-electron chi connectivity index (χ4n) is 1.14. The molecule has 3 nitrogen and oxygen atoms in total. The predicted molar refractivity (Wildman–Crippen MR) is 69.5 cm³/mol. The third kappa shape index (κ3) is 4.12. The highest BCUT2D eigenvalue weighted by molar-refractivity contribution is 7.84. The molecule has 0 radical (unpaired) electrons. The van der Waals surface area contributed by atoms with E-state index in [1.54, 1.807) is 13.2 Å². The van der Waals surface area contributed by atoms with Crippen molar-refractivity contribution >= 4 is 29.3 Å². The lowest BCUT2D eigenvalue weighted by atomic mass is 10.2. The quantitative estimate of drug-likeness (QED) is 0.820. The molecule has 2 atom stereocenters. The van der Waals surface area contributed by atoms with Crippen molar-refractivity contribution < 1.29 is 13.4 Å². The molecule has 6 heteroatoms. The Morgan fingerprint density at radius 1 is 1.59 bits per heavy atom. The zero-order valence-electron chi connectivity index (χ0n) is 9.57. The highest BCUT2D eigenvalue weighted by Crippen LogP contribution is 2.13. The van der Waals surface area contributed by atoms with Crippen LogP contribution in [0.15, 0.2) is 23.1 Å². The lowest BCUT2D eigenvalue weighted by Gasteiger charge is -2.10. The van der Waals surface area contributed by atoms with Crippen LogP contribution in [0.3, 0.4) is 0 Å². The third-order valence-electron chi connectivity index (χ3n) is 2.31. The Morgan fingerprint density at radius 3 is 2.82 bits per heavy atom. The molecule has 0 heterocycles. The van der Waals surface area contributed by atoms with Gasteiger partial charge >= 0.3 is 0 Å². The van der Waals surface area contributed by atoms with Crippen LogP contribution in [0.5, 0.6) is 0 Å². The molecule has 94 valence electrons. The molecule has 0 bridgehead atoms. The largest absolute Gasteiger partial charge is 0.351 e. The van der Waals surface area contributed by atoms with E-state index in [2.05, 4.69) is 17.9 Å². The Morgan fingerprint density at radius 2 is 2.24 bits per heavy atom. The van der Waals surface area contributed by atoms with Crippen LogP contribution in [0.2, 0.25) is 0 Å². The number of halogens is 1. The maximum atomic E-state index is 13.3. The molecule has 1 amide bonds. The SMILES string of the molecule is CC(CNC(=O)c1cc(S)ccc1F)S(C)=O. The Labute approximate surface area is 108 Å². The first-order chi connectivity index (χ1) is 7.91. The zero-order chi connectivity index (χ0) is 13.0. The minimum atomic E-state index is -1.02. The topological polar surface area (TPSA) is 46.2 Å². The highest BCUT2D eigenvalue weighted by atomic mass is 32.2. The van der Waals surface area contributed by atoms with Crippen molar-refractivity contribution in [3.63, 3.8) is 0 Å². The number of hydrogen-bond donors (Lipinski definition) is 2. The average Bonchev–Trinajstić information content (AvgIpc) is 2.28. The van der Waals surface area contributed by atoms with E-state index < -0.39 is 22.5 Å². The van der Waals surface area contributed by atoms with E-state index in [0.29, 0.717) is 4.90 Å². The maximum Gasteiger partial charge on any atom is 0.254 e. The lowest BCUT2D eigenvalue weighted by molar-refractivity contribution is 0.0950. The fourth-order valence-corrected chi connectivity index (χ4v) is 1.66. The smallest absolute Gasteiger partial charge is 0.254 e. The van der Waals surface area contributed by atoms with Crippen LogP contribution < -0.4 is 5.32 Å². The number of amides is 1. The van der Waals surface area contributed by atoms with Crippen molar-refractivity contribution in [2.45, 2.75) is 17.1 Å². The van der Waals surface area contributed by atoms with Crippen LogP contribution >= 0.6 is 12.6 Å². The average molecular weight is 275 g/mol. The summed E-state index contributed by atoms with van der Waals surface area (Å²) < 4.78 is 24.4. The number of carbonyl (C=O) groups is 1. The Balaban J connectivity index is 2.70. The van der Waals surface area contributed by atoms with Crippen molar-refractivity contribution in [3.05, 3.63) is 29.6 Å². The zero-order valence-corrected chi connectivity index (χ0v) is 11.3. The molecular weight excluding hydrogens is 261 g/mol. The van der Waals surface area contributed by atoms with Crippen LogP contribution in [-0.2, 0) is 10.8 Å². The van der Waals surface area contributed by atoms with Crippen LogP contribution in [-0.4, -0.2) is 28.2 Å². The summed E-state index contributed by atoms with van der Waals surface area (Å²) >= 11 is 4.04. The van der Waals surface area contributed by atoms with Crippen molar-refractivity contribution in [1.29, 1.82) is 0 Å². The highest BCUT2D eigenvalue weighted by Gasteiger charge is 2.13. The normalized spacial score (nSPS) is 14.1. The minimum absolute atomic E-state index is 0.0495. The second-order valence-corrected chi connectivity index (χ2v) is 6.00. The molecule has 0 saturated carbocycles. The summed E-state index contributed by atoms with van der Waals surface area (Å²) in [5.41, 5.74) is -0.0495. The van der Waals surface area contributed by atoms with E-state index in [0.717, 1.165) is 0 Å². The van der Waals surface area contributed by atoms with Gasteiger partial charge in [0.25, 0.3) is 5.91 Å². The maximum absolute atomic E-state index is 13.3. The van der Waals surface area contributed by atoms with Crippen LogP contribution in [0.1, 0.15) is 17.3 Å². The van der Waals surface area contributed by atoms with Crippen molar-refractivity contribution in [2.75, 3.05) is 12.8 Å². The van der Waals surface area contributed by atoms with Gasteiger partial charge in [-0.25, -0.2) is 4.39 Å². The first-order valence-electron chi connectivity index (χ1n) is 5.00. The minimum Gasteiger partial charge on any atom is -0.351 e. The monoisotopic (exact) mass is 275 g/mol. The Bertz CT molecular complexity index is 451. The van der Waals surface area contributed by atoms with E-state index in [1.807, 2.05) is 0 Å². The van der Waals surface area contributed by atoms with Gasteiger partial charge in [0.05, 0.1) is 5.56 Å². The second kappa shape index (κ2) is 6.16. The first-order valence-corrected chi connectivity index (χ1v) is 7.07. The number of hydrogen-bond acceptors (Lipinski definition) is 3. The van der Waals surface area contributed by atoms with Gasteiger partial charge in [-0.2, -0.15) is 0 Å². The molecule has 0 aliphatic carbocycles. The molecule has 1 rings (SSSR count). The number of nitrogens with one attached hydrogen (secondary N) is 1. The molecule has 0 aromatic heterocycles. The molecule has 0 saturated heterocycles. The summed E-state index contributed by atoms with van der Waals surface area (Å²) in [4.78, 5) is 12.2. The number of rotatable bonds is 4. The van der Waals surface area contributed by atoms with E-state index in [1.165, 1.54) is 18.2 Å². The first kappa shape index (κ1) is 14.2. The van der Waals surface area contributed by atoms with E-state index >= 15 is 0 Å². The molecule has 1 aromatic rings. The summed E-state index contributed by atoms with van der Waals surface area (Å²) in [6.45, 7) is 2.00. The summed E-state index contributed by atoms with van der Waals surface area (Å²) in [6, 6.07) is 4.03. The van der Waals surface area contributed by atoms with Crippen LogP contribution in [0.25, 0.3) is 0 Å². The fraction of sp³-hybridized carbons (Fsp3) is 0.364. The van der Waals surface area contributed by atoms with E-state index in [9.17, 15) is 13.4 Å². The summed E-state index contributed by atoms with van der Waals surface area (Å²) in [5, 5.41) is 2.38. The van der Waals surface area contributed by atoms with E-state index in [4.69, 9.17) is 0 Å². The van der Waals surface area contributed by atoms with Gasteiger partial charge in [0.1, 0.15) is 5.82 Å². The number of benzene rings is 1. The van der Waals surface area contributed by atoms with Crippen LogP contribution in [0.4, 0.5) is 4.39 Å². The Hall–Kier alpha value is -0.880. The number of thiol groups is 1. The Kier molecular flexibility index (Phi) is 5.14. The third-order valence-corrected chi connectivity index (χ3v) is 3.89. The van der Waals surface area contributed by atoms with Crippen molar-refractivity contribution in [3.8, 4) is 0 Å². The van der Waals surface area contributed by atoms with E-state index in [-0.39, 0.29) is 17.4 Å². The van der Waals surface area contributed by atoms with Gasteiger partial charge in [0.15, 0.2) is 0 Å². The molecule has 17 heavy (non-hydrogen) atoms. The summed E-state index contributed by atoms with van der Waals surface area (Å²) in [7, 11) is -1.02. The van der Waals surface area contributed by atoms with Crippen molar-refractivity contribution in [1.82, 2.24) is 5.32 Å². The van der Waals surface area contributed by atoms with Gasteiger partial charge < -0.3 is 5.32 Å². The molecular formula is C11H14FNO2S2. The van der Waals surface area contributed by atoms with Gasteiger partial charge in [-0.1, -0.05) is 0 Å². The lowest BCUT2D eigenvalue weighted by Crippen LogP contribution is -2.33. The predicted octanol–water partition coefficient (Wildman–Crippen LogP) is 1.61. The molecule has 1 N–H and O–H groups in total. The number of carbonyl (C=O) groups excluding carboxylic acids is 1. The summed E-state index contributed by atoms with van der Waals surface area (Å²) in [6.07, 6.45) is 1.56. The van der Waals surface area contributed by atoms with Gasteiger partial charge in [-0.3, -0.25) is 9.00 Å². The molecule has 0 aliphatic heterocycles. The standard InChI is InChI=1S/C11H14FNO2S2/c1-7(17(2)15)6-13-11(14)9-5-8(16)3-4-10(9)12/h3-5,7,16H,6H2,1-2H3,(H,13,14). The molecule has 0 fully saturated rings.